The van der Waals surface area contributed by atoms with Gasteiger partial charge in [0.15, 0.2) is 28.7 Å². The number of ether oxygens (including phenoxy) is 2. The summed E-state index contributed by atoms with van der Waals surface area (Å²) in [5, 5.41) is 9.16. The minimum absolute atomic E-state index is 0.0348. The van der Waals surface area contributed by atoms with Crippen molar-refractivity contribution in [2.24, 2.45) is 0 Å². The summed E-state index contributed by atoms with van der Waals surface area (Å²) in [6.45, 7) is 4.96. The van der Waals surface area contributed by atoms with Crippen LogP contribution in [-0.2, 0) is 9.53 Å². The van der Waals surface area contributed by atoms with Gasteiger partial charge in [-0.2, -0.15) is 0 Å². The van der Waals surface area contributed by atoms with Gasteiger partial charge in [0.1, 0.15) is 0 Å². The van der Waals surface area contributed by atoms with Crippen LogP contribution in [0.3, 0.4) is 0 Å². The Balaban J connectivity index is 0.000000314. The topological polar surface area (TPSA) is 55.8 Å². The molecule has 0 fully saturated rings. The predicted octanol–water partition coefficient (Wildman–Crippen LogP) is 5.38. The Morgan fingerprint density at radius 3 is 2.08 bits per heavy atom. The van der Waals surface area contributed by atoms with Gasteiger partial charge in [-0.25, -0.2) is 13.6 Å². The number of esters is 1. The van der Waals surface area contributed by atoms with E-state index >= 15 is 0 Å². The summed E-state index contributed by atoms with van der Waals surface area (Å²) in [5.74, 6) is -2.27. The molecular weight excluding hydrogens is 389 g/mol. The van der Waals surface area contributed by atoms with E-state index in [1.165, 1.54) is 38.1 Å². The Labute approximate surface area is 160 Å². The van der Waals surface area contributed by atoms with E-state index < -0.39 is 23.2 Å². The Hall–Kier alpha value is -2.05. The molecule has 0 aromatic heterocycles. The van der Waals surface area contributed by atoms with Crippen molar-refractivity contribution in [3.8, 4) is 11.5 Å². The standard InChI is InChI=1S/C12H14ClFO3.C6H4ClFO/c1-4-16-11(15)12(2,3)17-10-6-5-8(13)7-9(10)14;7-4-1-2-6(9)5(8)3-4/h5-7H,4H2,1-3H3;1-3,9H. The first-order chi connectivity index (χ1) is 12.1. The van der Waals surface area contributed by atoms with E-state index in [0.717, 1.165) is 12.1 Å². The number of aromatic hydroxyl groups is 1. The number of phenolic OH excluding ortho intramolecular Hbond substituents is 1. The molecule has 2 rings (SSSR count). The molecule has 0 amide bonds. The van der Waals surface area contributed by atoms with Gasteiger partial charge in [0.25, 0.3) is 0 Å². The molecule has 2 aromatic carbocycles. The van der Waals surface area contributed by atoms with Crippen LogP contribution in [0.5, 0.6) is 11.5 Å². The molecule has 2 aromatic rings. The van der Waals surface area contributed by atoms with Crippen LogP contribution in [0.2, 0.25) is 10.0 Å². The van der Waals surface area contributed by atoms with Crippen molar-refractivity contribution in [1.82, 2.24) is 0 Å². The molecule has 0 aliphatic carbocycles. The van der Waals surface area contributed by atoms with Gasteiger partial charge in [0.2, 0.25) is 0 Å². The van der Waals surface area contributed by atoms with E-state index in [1.807, 2.05) is 0 Å². The summed E-state index contributed by atoms with van der Waals surface area (Å²) in [6.07, 6.45) is 0. The summed E-state index contributed by atoms with van der Waals surface area (Å²) in [4.78, 5) is 11.6. The first kappa shape index (κ1) is 22.0. The highest BCUT2D eigenvalue weighted by atomic mass is 35.5. The fraction of sp³-hybridized carbons (Fsp3) is 0.278. The van der Waals surface area contributed by atoms with Crippen molar-refractivity contribution in [2.45, 2.75) is 26.4 Å². The highest BCUT2D eigenvalue weighted by Gasteiger charge is 2.32. The molecule has 0 aliphatic rings. The fourth-order valence-electron chi connectivity index (χ4n) is 1.66. The summed E-state index contributed by atoms with van der Waals surface area (Å²) < 4.78 is 35.8. The summed E-state index contributed by atoms with van der Waals surface area (Å²) >= 11 is 11.0. The normalized spacial score (nSPS) is 10.6. The van der Waals surface area contributed by atoms with Crippen LogP contribution in [0.25, 0.3) is 0 Å². The Morgan fingerprint density at radius 1 is 1.08 bits per heavy atom. The zero-order valence-corrected chi connectivity index (χ0v) is 15.9. The smallest absolute Gasteiger partial charge is 0.349 e. The number of hydrogen-bond donors (Lipinski definition) is 1. The van der Waals surface area contributed by atoms with Gasteiger partial charge in [-0.15, -0.1) is 0 Å². The molecule has 0 saturated heterocycles. The lowest BCUT2D eigenvalue weighted by Gasteiger charge is -2.24. The zero-order valence-electron chi connectivity index (χ0n) is 14.4. The maximum atomic E-state index is 13.5. The van der Waals surface area contributed by atoms with Gasteiger partial charge < -0.3 is 14.6 Å². The van der Waals surface area contributed by atoms with Crippen molar-refractivity contribution in [2.75, 3.05) is 6.61 Å². The van der Waals surface area contributed by atoms with Crippen LogP contribution in [0, 0.1) is 11.6 Å². The highest BCUT2D eigenvalue weighted by molar-refractivity contribution is 6.30. The number of hydrogen-bond acceptors (Lipinski definition) is 4. The fourth-order valence-corrected chi connectivity index (χ4v) is 1.98. The van der Waals surface area contributed by atoms with Gasteiger partial charge >= 0.3 is 5.97 Å². The summed E-state index contributed by atoms with van der Waals surface area (Å²) in [5.41, 5.74) is -1.25. The lowest BCUT2D eigenvalue weighted by molar-refractivity contribution is -0.158. The Bertz CT molecular complexity index is 767. The van der Waals surface area contributed by atoms with Gasteiger partial charge in [0, 0.05) is 10.0 Å². The zero-order chi connectivity index (χ0) is 19.9. The average molecular weight is 407 g/mol. The highest BCUT2D eigenvalue weighted by Crippen LogP contribution is 2.25. The second-order valence-corrected chi connectivity index (χ2v) is 6.38. The van der Waals surface area contributed by atoms with Crippen LogP contribution < -0.4 is 4.74 Å². The number of carbonyl (C=O) groups excluding carboxylic acids is 1. The average Bonchev–Trinajstić information content (AvgIpc) is 2.55. The van der Waals surface area contributed by atoms with Gasteiger partial charge in [-0.1, -0.05) is 23.2 Å². The van der Waals surface area contributed by atoms with Crippen LogP contribution in [0.15, 0.2) is 36.4 Å². The molecule has 0 bridgehead atoms. The molecule has 142 valence electrons. The minimum atomic E-state index is -1.25. The number of carbonyl (C=O) groups is 1. The quantitative estimate of drug-likeness (QED) is 0.691. The minimum Gasteiger partial charge on any atom is -0.505 e. The predicted molar refractivity (Wildman–Crippen MR) is 95.8 cm³/mol. The molecule has 4 nitrogen and oxygen atoms in total. The molecule has 0 radical (unpaired) electrons. The first-order valence-corrected chi connectivity index (χ1v) is 8.27. The van der Waals surface area contributed by atoms with E-state index in [4.69, 9.17) is 37.8 Å². The lowest BCUT2D eigenvalue weighted by Crippen LogP contribution is -2.40. The molecule has 8 heteroatoms. The first-order valence-electron chi connectivity index (χ1n) is 7.52. The van der Waals surface area contributed by atoms with Crippen molar-refractivity contribution in [3.05, 3.63) is 58.1 Å². The van der Waals surface area contributed by atoms with Crippen molar-refractivity contribution < 1.29 is 28.2 Å². The monoisotopic (exact) mass is 406 g/mol. The van der Waals surface area contributed by atoms with Crippen molar-refractivity contribution in [1.29, 1.82) is 0 Å². The van der Waals surface area contributed by atoms with Gasteiger partial charge in [0.05, 0.1) is 6.61 Å². The van der Waals surface area contributed by atoms with E-state index in [2.05, 4.69) is 0 Å². The third-order valence-corrected chi connectivity index (χ3v) is 3.41. The van der Waals surface area contributed by atoms with E-state index in [0.29, 0.717) is 0 Å². The number of benzene rings is 2. The maximum absolute atomic E-state index is 13.5. The van der Waals surface area contributed by atoms with E-state index in [-0.39, 0.29) is 28.2 Å². The second-order valence-electron chi connectivity index (χ2n) is 5.50. The van der Waals surface area contributed by atoms with Crippen LogP contribution in [0.4, 0.5) is 8.78 Å². The van der Waals surface area contributed by atoms with E-state index in [1.54, 1.807) is 6.92 Å². The van der Waals surface area contributed by atoms with Crippen LogP contribution in [-0.4, -0.2) is 23.3 Å². The largest absolute Gasteiger partial charge is 0.505 e. The van der Waals surface area contributed by atoms with Gasteiger partial charge in [-0.3, -0.25) is 0 Å². The summed E-state index contributed by atoms with van der Waals surface area (Å²) in [7, 11) is 0. The molecule has 1 N–H and O–H groups in total. The Morgan fingerprint density at radius 2 is 1.62 bits per heavy atom. The molecule has 0 unspecified atom stereocenters. The lowest BCUT2D eigenvalue weighted by atomic mass is 10.1. The third kappa shape index (κ3) is 6.69. The number of halogens is 4. The van der Waals surface area contributed by atoms with Crippen molar-refractivity contribution >= 4 is 29.2 Å². The summed E-state index contributed by atoms with van der Waals surface area (Å²) in [6, 6.07) is 7.66. The Kier molecular flexibility index (Phi) is 8.11. The van der Waals surface area contributed by atoms with Crippen LogP contribution >= 0.6 is 23.2 Å². The molecule has 0 atom stereocenters. The number of phenols is 1. The SMILES string of the molecule is CCOC(=O)C(C)(C)Oc1ccc(Cl)cc1F.Oc1ccc(Cl)cc1F. The van der Waals surface area contributed by atoms with Crippen molar-refractivity contribution in [3.63, 3.8) is 0 Å². The van der Waals surface area contributed by atoms with Gasteiger partial charge in [-0.05, 0) is 57.2 Å². The maximum Gasteiger partial charge on any atom is 0.349 e. The van der Waals surface area contributed by atoms with E-state index in [9.17, 15) is 13.6 Å². The molecule has 0 heterocycles. The molecule has 26 heavy (non-hydrogen) atoms. The molecule has 0 saturated carbocycles. The second kappa shape index (κ2) is 9.59. The molecular formula is C18H18Cl2F2O4. The molecule has 0 aliphatic heterocycles. The third-order valence-electron chi connectivity index (χ3n) is 2.94. The molecule has 0 spiro atoms. The van der Waals surface area contributed by atoms with Crippen LogP contribution in [0.1, 0.15) is 20.8 Å². The number of rotatable bonds is 4.